The SMILES string of the molecule is C=CCOc1ccc(C(=O)NCC(C)CC(C)O)cc1. The maximum Gasteiger partial charge on any atom is 0.251 e. The molecule has 0 spiro atoms. The zero-order chi connectivity index (χ0) is 15.0. The minimum absolute atomic E-state index is 0.113. The van der Waals surface area contributed by atoms with E-state index >= 15 is 0 Å². The normalized spacial score (nSPS) is 13.3. The number of ether oxygens (including phenoxy) is 1. The maximum absolute atomic E-state index is 11.9. The lowest BCUT2D eigenvalue weighted by Crippen LogP contribution is -2.29. The summed E-state index contributed by atoms with van der Waals surface area (Å²) in [5, 5.41) is 12.1. The van der Waals surface area contributed by atoms with Crippen molar-refractivity contribution in [2.75, 3.05) is 13.2 Å². The van der Waals surface area contributed by atoms with Crippen molar-refractivity contribution in [1.29, 1.82) is 0 Å². The zero-order valence-corrected chi connectivity index (χ0v) is 12.1. The predicted octanol–water partition coefficient (Wildman–Crippen LogP) is 2.39. The molecule has 4 nitrogen and oxygen atoms in total. The minimum atomic E-state index is -0.344. The second kappa shape index (κ2) is 8.38. The topological polar surface area (TPSA) is 58.6 Å². The van der Waals surface area contributed by atoms with Crippen LogP contribution in [0.2, 0.25) is 0 Å². The van der Waals surface area contributed by atoms with Crippen LogP contribution in [-0.4, -0.2) is 30.3 Å². The van der Waals surface area contributed by atoms with Crippen molar-refractivity contribution in [3.8, 4) is 5.75 Å². The van der Waals surface area contributed by atoms with Gasteiger partial charge in [0.15, 0.2) is 0 Å². The molecule has 0 aliphatic rings. The summed E-state index contributed by atoms with van der Waals surface area (Å²) in [5.41, 5.74) is 0.597. The van der Waals surface area contributed by atoms with Crippen LogP contribution in [-0.2, 0) is 0 Å². The number of benzene rings is 1. The van der Waals surface area contributed by atoms with E-state index in [-0.39, 0.29) is 17.9 Å². The van der Waals surface area contributed by atoms with Gasteiger partial charge in [0.05, 0.1) is 6.10 Å². The Balaban J connectivity index is 2.45. The van der Waals surface area contributed by atoms with Crippen LogP contribution in [0.15, 0.2) is 36.9 Å². The van der Waals surface area contributed by atoms with E-state index in [1.165, 1.54) is 0 Å². The van der Waals surface area contributed by atoms with Crippen molar-refractivity contribution in [3.63, 3.8) is 0 Å². The first-order chi connectivity index (χ1) is 9.52. The average Bonchev–Trinajstić information content (AvgIpc) is 2.42. The molecule has 20 heavy (non-hydrogen) atoms. The lowest BCUT2D eigenvalue weighted by Gasteiger charge is -2.14. The van der Waals surface area contributed by atoms with Gasteiger partial charge in [0, 0.05) is 12.1 Å². The molecule has 0 aliphatic heterocycles. The number of carbonyl (C=O) groups is 1. The fraction of sp³-hybridized carbons (Fsp3) is 0.438. The molecule has 4 heteroatoms. The van der Waals surface area contributed by atoms with Crippen molar-refractivity contribution in [2.45, 2.75) is 26.4 Å². The van der Waals surface area contributed by atoms with E-state index in [1.54, 1.807) is 37.3 Å². The Bertz CT molecular complexity index is 426. The van der Waals surface area contributed by atoms with Gasteiger partial charge in [0.2, 0.25) is 0 Å². The third-order valence-corrected chi connectivity index (χ3v) is 2.84. The summed E-state index contributed by atoms with van der Waals surface area (Å²) in [6.45, 7) is 8.33. The Hall–Kier alpha value is -1.81. The third kappa shape index (κ3) is 5.89. The van der Waals surface area contributed by atoms with E-state index in [0.717, 1.165) is 0 Å². The van der Waals surface area contributed by atoms with Crippen molar-refractivity contribution in [1.82, 2.24) is 5.32 Å². The number of carbonyl (C=O) groups excluding carboxylic acids is 1. The van der Waals surface area contributed by atoms with Crippen LogP contribution in [0.5, 0.6) is 5.75 Å². The van der Waals surface area contributed by atoms with Gasteiger partial charge in [-0.05, 0) is 43.5 Å². The van der Waals surface area contributed by atoms with Crippen LogP contribution >= 0.6 is 0 Å². The van der Waals surface area contributed by atoms with Gasteiger partial charge in [-0.2, -0.15) is 0 Å². The Labute approximate surface area is 120 Å². The fourth-order valence-corrected chi connectivity index (χ4v) is 1.89. The number of amides is 1. The molecule has 1 aromatic carbocycles. The molecule has 0 saturated heterocycles. The zero-order valence-electron chi connectivity index (χ0n) is 12.1. The van der Waals surface area contributed by atoms with Gasteiger partial charge >= 0.3 is 0 Å². The highest BCUT2D eigenvalue weighted by Crippen LogP contribution is 2.12. The largest absolute Gasteiger partial charge is 0.490 e. The molecule has 0 aromatic heterocycles. The van der Waals surface area contributed by atoms with Crippen LogP contribution in [0.3, 0.4) is 0 Å². The number of aliphatic hydroxyl groups excluding tert-OH is 1. The van der Waals surface area contributed by atoms with Crippen molar-refractivity contribution in [2.24, 2.45) is 5.92 Å². The van der Waals surface area contributed by atoms with E-state index in [2.05, 4.69) is 11.9 Å². The first kappa shape index (κ1) is 16.2. The number of rotatable bonds is 8. The molecule has 2 N–H and O–H groups in total. The highest BCUT2D eigenvalue weighted by molar-refractivity contribution is 5.94. The number of aliphatic hydroxyl groups is 1. The van der Waals surface area contributed by atoms with Crippen LogP contribution in [0, 0.1) is 5.92 Å². The first-order valence-corrected chi connectivity index (χ1v) is 6.83. The summed E-state index contributed by atoms with van der Waals surface area (Å²) in [6.07, 6.45) is 2.00. The van der Waals surface area contributed by atoms with Gasteiger partial charge in [-0.1, -0.05) is 19.6 Å². The van der Waals surface area contributed by atoms with E-state index in [9.17, 15) is 9.90 Å². The first-order valence-electron chi connectivity index (χ1n) is 6.83. The minimum Gasteiger partial charge on any atom is -0.490 e. The number of hydrogen-bond acceptors (Lipinski definition) is 3. The number of nitrogens with one attached hydrogen (secondary N) is 1. The molecular formula is C16H23NO3. The molecule has 2 unspecified atom stereocenters. The third-order valence-electron chi connectivity index (χ3n) is 2.84. The number of hydrogen-bond donors (Lipinski definition) is 2. The van der Waals surface area contributed by atoms with Crippen LogP contribution in [0.25, 0.3) is 0 Å². The van der Waals surface area contributed by atoms with E-state index in [4.69, 9.17) is 4.74 Å². The summed E-state index contributed by atoms with van der Waals surface area (Å²) in [7, 11) is 0. The molecule has 1 aromatic rings. The molecule has 110 valence electrons. The molecule has 0 aliphatic carbocycles. The molecule has 0 fully saturated rings. The molecule has 0 saturated carbocycles. The smallest absolute Gasteiger partial charge is 0.251 e. The molecule has 0 heterocycles. The summed E-state index contributed by atoms with van der Waals surface area (Å²) < 4.78 is 5.35. The van der Waals surface area contributed by atoms with E-state index < -0.39 is 0 Å². The molecular weight excluding hydrogens is 254 g/mol. The van der Waals surface area contributed by atoms with E-state index in [0.29, 0.717) is 30.9 Å². The van der Waals surface area contributed by atoms with Crippen LogP contribution in [0.1, 0.15) is 30.6 Å². The van der Waals surface area contributed by atoms with Gasteiger partial charge in [0.25, 0.3) is 5.91 Å². The Morgan fingerprint density at radius 1 is 1.40 bits per heavy atom. The Kier molecular flexibility index (Phi) is 6.81. The van der Waals surface area contributed by atoms with Gasteiger partial charge in [0.1, 0.15) is 12.4 Å². The maximum atomic E-state index is 11.9. The lowest BCUT2D eigenvalue weighted by atomic mass is 10.0. The average molecular weight is 277 g/mol. The Morgan fingerprint density at radius 2 is 2.05 bits per heavy atom. The van der Waals surface area contributed by atoms with Crippen molar-refractivity contribution < 1.29 is 14.6 Å². The summed E-state index contributed by atoms with van der Waals surface area (Å²) in [5.74, 6) is 0.843. The Morgan fingerprint density at radius 3 is 2.60 bits per heavy atom. The van der Waals surface area contributed by atoms with Gasteiger partial charge in [-0.3, -0.25) is 4.79 Å². The van der Waals surface area contributed by atoms with Crippen LogP contribution in [0.4, 0.5) is 0 Å². The molecule has 2 atom stereocenters. The molecule has 1 rings (SSSR count). The highest BCUT2D eigenvalue weighted by Gasteiger charge is 2.09. The van der Waals surface area contributed by atoms with Gasteiger partial charge in [-0.25, -0.2) is 0 Å². The van der Waals surface area contributed by atoms with Crippen molar-refractivity contribution in [3.05, 3.63) is 42.5 Å². The van der Waals surface area contributed by atoms with E-state index in [1.807, 2.05) is 6.92 Å². The quantitative estimate of drug-likeness (QED) is 0.717. The van der Waals surface area contributed by atoms with Gasteiger partial charge in [-0.15, -0.1) is 0 Å². The predicted molar refractivity (Wildman–Crippen MR) is 79.9 cm³/mol. The second-order valence-corrected chi connectivity index (χ2v) is 5.02. The fourth-order valence-electron chi connectivity index (χ4n) is 1.89. The summed E-state index contributed by atoms with van der Waals surface area (Å²) in [6, 6.07) is 6.98. The highest BCUT2D eigenvalue weighted by atomic mass is 16.5. The summed E-state index contributed by atoms with van der Waals surface area (Å²) in [4.78, 5) is 11.9. The van der Waals surface area contributed by atoms with Crippen LogP contribution < -0.4 is 10.1 Å². The molecule has 1 amide bonds. The standard InChI is InChI=1S/C16H23NO3/c1-4-9-20-15-7-5-14(6-8-15)16(19)17-11-12(2)10-13(3)18/h4-8,12-13,18H,1,9-11H2,2-3H3,(H,17,19). The molecule has 0 radical (unpaired) electrons. The summed E-state index contributed by atoms with van der Waals surface area (Å²) >= 11 is 0. The molecule has 0 bridgehead atoms. The van der Waals surface area contributed by atoms with Gasteiger partial charge < -0.3 is 15.2 Å². The monoisotopic (exact) mass is 277 g/mol. The lowest BCUT2D eigenvalue weighted by molar-refractivity contribution is 0.0939. The second-order valence-electron chi connectivity index (χ2n) is 5.02. The van der Waals surface area contributed by atoms with Crippen molar-refractivity contribution >= 4 is 5.91 Å².